The van der Waals surface area contributed by atoms with E-state index in [9.17, 15) is 50.1 Å². The summed E-state index contributed by atoms with van der Waals surface area (Å²) < 4.78 is 18.6. The summed E-state index contributed by atoms with van der Waals surface area (Å²) in [6.45, 7) is 2.81. The van der Waals surface area contributed by atoms with Crippen LogP contribution in [0.1, 0.15) is 94.5 Å². The zero-order valence-electron chi connectivity index (χ0n) is 51.5. The Morgan fingerprint density at radius 3 is 1.71 bits per heavy atom. The lowest BCUT2D eigenvalue weighted by atomic mass is 9.97. The molecule has 5 heterocycles. The molecule has 0 saturated carbocycles. The minimum absolute atomic E-state index is 0.0546. The maximum absolute atomic E-state index is 15.8. The Bertz CT molecular complexity index is 4140. The molecule has 8 unspecified atom stereocenters. The minimum atomic E-state index is -2.16. The summed E-state index contributed by atoms with van der Waals surface area (Å²) in [6, 6.07) is 12.2. The molecule has 0 aromatic heterocycles. The fourth-order valence-corrected chi connectivity index (χ4v) is 11.7. The fraction of sp³-hybridized carbons (Fsp3) is 0.269. The number of nitrogens with two attached hydrogens (primary N) is 3. The van der Waals surface area contributed by atoms with Gasteiger partial charge in [-0.15, -0.1) is 0 Å². The van der Waals surface area contributed by atoms with E-state index < -0.39 is 130 Å². The number of ether oxygens (including phenoxy) is 3. The van der Waals surface area contributed by atoms with E-state index in [1.807, 2.05) is 0 Å². The van der Waals surface area contributed by atoms with E-state index in [0.29, 0.717) is 57.5 Å². The molecule has 0 aliphatic carbocycles. The number of carbonyl (C=O) groups excluding carboxylic acids is 7. The number of nitrogens with one attached hydrogen (secondary N) is 7. The van der Waals surface area contributed by atoms with Crippen molar-refractivity contribution in [2.24, 2.45) is 17.2 Å². The zero-order chi connectivity index (χ0) is 69.4. The number of benzene rings is 7. The Morgan fingerprint density at radius 1 is 0.536 bits per heavy atom. The number of hydrogen-bond acceptors (Lipinski definition) is 21. The molecule has 12 rings (SSSR count). The van der Waals surface area contributed by atoms with E-state index in [4.69, 9.17) is 54.6 Å². The zero-order valence-corrected chi connectivity index (χ0v) is 53.0. The number of amides is 7. The number of carbonyl (C=O) groups is 7. The number of phenolic OH excluding ortho intramolecular Hbond substituents is 6. The quantitative estimate of drug-likeness (QED) is 0.0631. The third-order valence-corrected chi connectivity index (χ3v) is 16.8. The second kappa shape index (κ2) is 30.4. The molecule has 0 spiro atoms. The Kier molecular flexibility index (Phi) is 21.7. The molecule has 97 heavy (non-hydrogen) atoms. The first kappa shape index (κ1) is 69.2. The van der Waals surface area contributed by atoms with Crippen molar-refractivity contribution < 1.29 is 83.5 Å². The second-order valence-electron chi connectivity index (χ2n) is 23.2. The van der Waals surface area contributed by atoms with Gasteiger partial charge in [-0.2, -0.15) is 0 Å². The number of nitrogens with zero attached hydrogens (tertiary/aromatic N) is 1. The molecule has 7 aromatic rings. The summed E-state index contributed by atoms with van der Waals surface area (Å²) in [5.41, 5.74) is 17.5. The number of halogens is 2. The molecular weight excluding hydrogens is 1300 g/mol. The molecule has 508 valence electrons. The molecule has 0 saturated heterocycles. The average Bonchev–Trinajstić information content (AvgIpc) is 0.790. The van der Waals surface area contributed by atoms with Crippen LogP contribution in [0.4, 0.5) is 0 Å². The van der Waals surface area contributed by atoms with E-state index in [2.05, 4.69) is 42.1 Å². The van der Waals surface area contributed by atoms with Crippen LogP contribution in [-0.4, -0.2) is 133 Å². The fourth-order valence-electron chi connectivity index (χ4n) is 11.2. The Balaban J connectivity index is 1.09. The highest BCUT2D eigenvalue weighted by Gasteiger charge is 2.40. The van der Waals surface area contributed by atoms with Crippen LogP contribution in [0, 0.1) is 0 Å². The van der Waals surface area contributed by atoms with Gasteiger partial charge in [0.2, 0.25) is 47.1 Å². The van der Waals surface area contributed by atoms with Crippen LogP contribution in [0.25, 0.3) is 0 Å². The van der Waals surface area contributed by atoms with Crippen molar-refractivity contribution in [3.63, 3.8) is 0 Å². The van der Waals surface area contributed by atoms with E-state index in [1.165, 1.54) is 66.7 Å². The van der Waals surface area contributed by atoms with Crippen LogP contribution >= 0.6 is 23.2 Å². The topological polar surface area (TPSA) is 454 Å². The molecule has 13 bridgehead atoms. The highest BCUT2D eigenvalue weighted by molar-refractivity contribution is 6.32. The van der Waals surface area contributed by atoms with Crippen molar-refractivity contribution in [1.82, 2.24) is 42.1 Å². The first-order chi connectivity index (χ1) is 46.4. The summed E-state index contributed by atoms with van der Waals surface area (Å²) in [5.74, 6) is -12.7. The predicted molar refractivity (Wildman–Crippen MR) is 350 cm³/mol. The van der Waals surface area contributed by atoms with Crippen LogP contribution in [0.15, 0.2) is 127 Å². The van der Waals surface area contributed by atoms with E-state index in [-0.39, 0.29) is 85.1 Å². The number of aliphatic hydroxyl groups is 1. The average molecular weight is 1370 g/mol. The van der Waals surface area contributed by atoms with Gasteiger partial charge in [-0.05, 0) is 176 Å². The van der Waals surface area contributed by atoms with Gasteiger partial charge >= 0.3 is 0 Å². The summed E-state index contributed by atoms with van der Waals surface area (Å²) in [7, 11) is 0. The van der Waals surface area contributed by atoms with E-state index >= 15 is 19.2 Å². The summed E-state index contributed by atoms with van der Waals surface area (Å²) in [4.78, 5) is 107. The number of fused-ring (bicyclic) bond motifs is 15. The van der Waals surface area contributed by atoms with Gasteiger partial charge in [0.25, 0.3) is 0 Å². The SMILES string of the molecule is NCCCN(CCCN)CCCNC(=O)C(NC(=O)C1NC(=O)C(c2ccc(O)cc2)NC(=O)C2NC(=O)C3NC(=O)C(Cc4ccc(c(Cl)c4)Oc4cc2cc(c4O)Oc2ccc(cc2Cl)C1O)NC(=O)C(N)c1ccc(O)c(c1)Oc1cc(O)cc3c1)c1cc(O)cc(O)c1. The van der Waals surface area contributed by atoms with Crippen LogP contribution in [0.3, 0.4) is 0 Å². The lowest BCUT2D eigenvalue weighted by molar-refractivity contribution is -0.137. The summed E-state index contributed by atoms with van der Waals surface area (Å²) >= 11 is 13.8. The Morgan fingerprint density at radius 2 is 1.08 bits per heavy atom. The van der Waals surface area contributed by atoms with Gasteiger partial charge in [0.1, 0.15) is 88.6 Å². The molecular formula is C67H69Cl2N11O17. The molecule has 7 amide bonds. The van der Waals surface area contributed by atoms with Crippen molar-refractivity contribution >= 4 is 64.6 Å². The smallest absolute Gasteiger partial charge is 0.248 e. The molecule has 20 N–H and O–H groups in total. The van der Waals surface area contributed by atoms with Gasteiger partial charge in [-0.1, -0.05) is 53.5 Å². The van der Waals surface area contributed by atoms with Crippen molar-refractivity contribution in [3.05, 3.63) is 176 Å². The van der Waals surface area contributed by atoms with Crippen molar-refractivity contribution in [2.75, 3.05) is 39.3 Å². The standard InChI is InChI=1S/C67H69Cl2N11O17/c68-44-20-32-4-12-48(44)96-51-28-38-29-52(60(51)87)97-49-13-8-35(26-45(49)69)59(86)58(67(94)77-55(36-22-40(82)30-41(83)23-36)63(90)73-16-3-19-80(17-1-14-70)18-2-15-71)79-64(91)54(33-5-9-39(81)10-6-33)76-66(93)57(38)78-65(92)56-37-24-42(84)31-43(25-37)95-50-27-34(7-11-47(50)85)53(72)62(89)74-46(21-32)61(88)75-56/h4-13,20,22-31,46,53-59,81-87H,1-3,14-19,21,70-72H2,(H,73,90)(H,74,89)(H,75,88)(H,76,93)(H,77,94)(H,78,92)(H,79,91). The van der Waals surface area contributed by atoms with Crippen molar-refractivity contribution in [2.45, 2.75) is 74.1 Å². The van der Waals surface area contributed by atoms with Crippen molar-refractivity contribution in [1.29, 1.82) is 0 Å². The molecule has 5 aliphatic rings. The second-order valence-corrected chi connectivity index (χ2v) is 24.0. The third-order valence-electron chi connectivity index (χ3n) is 16.2. The van der Waals surface area contributed by atoms with Gasteiger partial charge in [-0.3, -0.25) is 33.6 Å². The van der Waals surface area contributed by atoms with Crippen LogP contribution in [0.2, 0.25) is 10.0 Å². The van der Waals surface area contributed by atoms with Crippen LogP contribution in [-0.2, 0) is 40.0 Å². The minimum Gasteiger partial charge on any atom is -0.508 e. The molecule has 8 atom stereocenters. The first-order valence-electron chi connectivity index (χ1n) is 30.6. The number of rotatable bonds is 15. The lowest BCUT2D eigenvalue weighted by Gasteiger charge is -2.30. The van der Waals surface area contributed by atoms with Crippen molar-refractivity contribution in [3.8, 4) is 69.0 Å². The molecule has 0 radical (unpaired) electrons. The molecule has 7 aromatic carbocycles. The molecule has 30 heteroatoms. The number of aromatic hydroxyl groups is 6. The van der Waals surface area contributed by atoms with E-state index in [1.54, 1.807) is 0 Å². The normalized spacial score (nSPS) is 19.8. The molecule has 0 fully saturated rings. The number of aliphatic hydroxyl groups excluding tert-OH is 1. The van der Waals surface area contributed by atoms with Crippen LogP contribution in [0.5, 0.6) is 69.0 Å². The van der Waals surface area contributed by atoms with Crippen LogP contribution < -0.4 is 68.6 Å². The maximum atomic E-state index is 15.8. The lowest BCUT2D eigenvalue weighted by Crippen LogP contribution is -2.55. The predicted octanol–water partition coefficient (Wildman–Crippen LogP) is 4.43. The van der Waals surface area contributed by atoms with Gasteiger partial charge < -0.3 is 109 Å². The Hall–Kier alpha value is -10.6. The Labute approximate surface area is 563 Å². The van der Waals surface area contributed by atoms with Gasteiger partial charge in [0.15, 0.2) is 23.0 Å². The summed E-state index contributed by atoms with van der Waals surface area (Å²) in [6.07, 6.45) is -0.621. The van der Waals surface area contributed by atoms with Gasteiger partial charge in [0, 0.05) is 25.1 Å². The summed E-state index contributed by atoms with van der Waals surface area (Å²) in [5, 5.41) is 96.5. The molecule has 28 nitrogen and oxygen atoms in total. The highest BCUT2D eigenvalue weighted by atomic mass is 35.5. The highest BCUT2D eigenvalue weighted by Crippen LogP contribution is 2.47. The van der Waals surface area contributed by atoms with Gasteiger partial charge in [0.05, 0.1) is 10.0 Å². The third kappa shape index (κ3) is 16.6. The monoisotopic (exact) mass is 1370 g/mol. The van der Waals surface area contributed by atoms with E-state index in [0.717, 1.165) is 60.7 Å². The molecule has 5 aliphatic heterocycles. The largest absolute Gasteiger partial charge is 0.508 e. The first-order valence-corrected chi connectivity index (χ1v) is 31.3. The maximum Gasteiger partial charge on any atom is 0.248 e. The van der Waals surface area contributed by atoms with Gasteiger partial charge in [-0.25, -0.2) is 0 Å². The number of phenols is 6. The number of hydrogen-bond donors (Lipinski definition) is 17.